The van der Waals surface area contributed by atoms with Crippen molar-refractivity contribution >= 4 is 22.6 Å². The minimum Gasteiger partial charge on any atom is -0.309 e. The molecule has 0 fully saturated rings. The Kier molecular flexibility index (Phi) is 6.05. The second-order valence-corrected chi connectivity index (χ2v) is 6.37. The predicted octanol–water partition coefficient (Wildman–Crippen LogP) is 4.94. The summed E-state index contributed by atoms with van der Waals surface area (Å²) in [6.07, 6.45) is 3.71. The van der Waals surface area contributed by atoms with E-state index in [0.29, 0.717) is 0 Å². The van der Waals surface area contributed by atoms with E-state index in [1.807, 2.05) is 7.05 Å². The summed E-state index contributed by atoms with van der Waals surface area (Å²) in [4.78, 5) is 0. The second kappa shape index (κ2) is 7.79. The van der Waals surface area contributed by atoms with Crippen molar-refractivity contribution in [2.45, 2.75) is 32.2 Å². The van der Waals surface area contributed by atoms with Gasteiger partial charge in [0, 0.05) is 3.57 Å². The van der Waals surface area contributed by atoms with E-state index in [0.717, 1.165) is 0 Å². The first-order valence-corrected chi connectivity index (χ1v) is 8.34. The lowest BCUT2D eigenvalue weighted by Crippen LogP contribution is -2.17. The predicted molar refractivity (Wildman–Crippen MR) is 95.1 cm³/mol. The molecule has 0 saturated carbocycles. The molecule has 1 unspecified atom stereocenters. The molecule has 2 aromatic rings. The van der Waals surface area contributed by atoms with E-state index in [1.165, 1.54) is 39.5 Å². The number of aryl methyl sites for hydroxylation is 1. The summed E-state index contributed by atoms with van der Waals surface area (Å²) in [6.45, 7) is 2.24. The monoisotopic (exact) mass is 379 g/mol. The lowest BCUT2D eigenvalue weighted by Gasteiger charge is -2.18. The zero-order valence-corrected chi connectivity index (χ0v) is 14.4. The number of hydrogen-bond donors (Lipinski definition) is 1. The van der Waals surface area contributed by atoms with Crippen molar-refractivity contribution in [3.05, 3.63) is 68.8 Å². The summed E-state index contributed by atoms with van der Waals surface area (Å²) in [6, 6.07) is 18.0. The molecule has 1 N–H and O–H groups in total. The second-order valence-electron chi connectivity index (χ2n) is 5.12. The Morgan fingerprint density at radius 1 is 1.05 bits per heavy atom. The SMILES string of the molecule is CCCCc1ccc(C(NC)c2cccc(I)c2)cc1. The largest absolute Gasteiger partial charge is 0.309 e. The zero-order valence-electron chi connectivity index (χ0n) is 12.2. The molecule has 2 heteroatoms. The van der Waals surface area contributed by atoms with Gasteiger partial charge < -0.3 is 5.32 Å². The van der Waals surface area contributed by atoms with E-state index in [1.54, 1.807) is 0 Å². The molecule has 0 aromatic heterocycles. The summed E-state index contributed by atoms with van der Waals surface area (Å²) < 4.78 is 1.28. The van der Waals surface area contributed by atoms with Crippen LogP contribution in [0.5, 0.6) is 0 Å². The average molecular weight is 379 g/mol. The molecule has 2 rings (SSSR count). The molecule has 106 valence electrons. The van der Waals surface area contributed by atoms with Crippen LogP contribution in [0.3, 0.4) is 0 Å². The topological polar surface area (TPSA) is 12.0 Å². The summed E-state index contributed by atoms with van der Waals surface area (Å²) in [5.74, 6) is 0. The minimum absolute atomic E-state index is 0.268. The van der Waals surface area contributed by atoms with E-state index in [-0.39, 0.29) is 6.04 Å². The maximum atomic E-state index is 3.42. The van der Waals surface area contributed by atoms with Crippen LogP contribution in [-0.2, 0) is 6.42 Å². The van der Waals surface area contributed by atoms with Crippen LogP contribution in [0.1, 0.15) is 42.5 Å². The van der Waals surface area contributed by atoms with Crippen molar-refractivity contribution in [2.24, 2.45) is 0 Å². The van der Waals surface area contributed by atoms with Gasteiger partial charge in [0.1, 0.15) is 0 Å². The van der Waals surface area contributed by atoms with E-state index in [9.17, 15) is 0 Å². The van der Waals surface area contributed by atoms with Gasteiger partial charge in [0.05, 0.1) is 6.04 Å². The van der Waals surface area contributed by atoms with Crippen molar-refractivity contribution < 1.29 is 0 Å². The van der Waals surface area contributed by atoms with E-state index < -0.39 is 0 Å². The fourth-order valence-corrected chi connectivity index (χ4v) is 3.04. The third-order valence-corrected chi connectivity index (χ3v) is 4.27. The molecule has 0 heterocycles. The molecule has 1 nitrogen and oxygen atoms in total. The molecule has 0 amide bonds. The van der Waals surface area contributed by atoms with Gasteiger partial charge in [0.2, 0.25) is 0 Å². The fourth-order valence-electron chi connectivity index (χ4n) is 2.47. The Labute approximate surface area is 135 Å². The molecule has 0 spiro atoms. The van der Waals surface area contributed by atoms with E-state index in [4.69, 9.17) is 0 Å². The first kappa shape index (κ1) is 15.5. The fraction of sp³-hybridized carbons (Fsp3) is 0.333. The molecule has 0 saturated heterocycles. The van der Waals surface area contributed by atoms with Gasteiger partial charge in [-0.05, 0) is 71.3 Å². The van der Waals surface area contributed by atoms with Crippen LogP contribution in [0.4, 0.5) is 0 Å². The number of nitrogens with one attached hydrogen (secondary N) is 1. The number of benzene rings is 2. The molecule has 0 aliphatic rings. The van der Waals surface area contributed by atoms with Gasteiger partial charge in [-0.3, -0.25) is 0 Å². The lowest BCUT2D eigenvalue weighted by atomic mass is 9.97. The summed E-state index contributed by atoms with van der Waals surface area (Å²) in [5.41, 5.74) is 4.09. The van der Waals surface area contributed by atoms with Crippen LogP contribution in [0.25, 0.3) is 0 Å². The Morgan fingerprint density at radius 3 is 2.40 bits per heavy atom. The molecule has 0 bridgehead atoms. The van der Waals surface area contributed by atoms with Crippen LogP contribution in [0.15, 0.2) is 48.5 Å². The highest BCUT2D eigenvalue weighted by Crippen LogP contribution is 2.23. The van der Waals surface area contributed by atoms with E-state index >= 15 is 0 Å². The highest BCUT2D eigenvalue weighted by molar-refractivity contribution is 14.1. The molecule has 20 heavy (non-hydrogen) atoms. The first-order chi connectivity index (χ1) is 9.74. The Morgan fingerprint density at radius 2 is 1.80 bits per heavy atom. The highest BCUT2D eigenvalue weighted by atomic mass is 127. The minimum atomic E-state index is 0.268. The van der Waals surface area contributed by atoms with Gasteiger partial charge in [-0.2, -0.15) is 0 Å². The third-order valence-electron chi connectivity index (χ3n) is 3.60. The van der Waals surface area contributed by atoms with Crippen LogP contribution >= 0.6 is 22.6 Å². The Hall–Kier alpha value is -0.870. The Bertz CT molecular complexity index is 533. The summed E-state index contributed by atoms with van der Waals surface area (Å²) in [7, 11) is 2.02. The van der Waals surface area contributed by atoms with Gasteiger partial charge in [0.25, 0.3) is 0 Å². The lowest BCUT2D eigenvalue weighted by molar-refractivity contribution is 0.690. The van der Waals surface area contributed by atoms with Gasteiger partial charge in [-0.1, -0.05) is 49.7 Å². The van der Waals surface area contributed by atoms with Crippen molar-refractivity contribution in [1.29, 1.82) is 0 Å². The molecular weight excluding hydrogens is 357 g/mol. The van der Waals surface area contributed by atoms with Crippen LogP contribution in [-0.4, -0.2) is 7.05 Å². The highest BCUT2D eigenvalue weighted by Gasteiger charge is 2.11. The zero-order chi connectivity index (χ0) is 14.4. The number of halogens is 1. The summed E-state index contributed by atoms with van der Waals surface area (Å²) >= 11 is 2.37. The van der Waals surface area contributed by atoms with Crippen LogP contribution in [0, 0.1) is 3.57 Å². The quantitative estimate of drug-likeness (QED) is 0.701. The standard InChI is InChI=1S/C18H22IN/c1-3-4-6-14-9-11-15(12-10-14)18(20-2)16-7-5-8-17(19)13-16/h5,7-13,18,20H,3-4,6H2,1-2H3. The van der Waals surface area contributed by atoms with Gasteiger partial charge in [-0.15, -0.1) is 0 Å². The van der Waals surface area contributed by atoms with Crippen molar-refractivity contribution in [2.75, 3.05) is 7.05 Å². The van der Waals surface area contributed by atoms with Gasteiger partial charge in [0.15, 0.2) is 0 Å². The first-order valence-electron chi connectivity index (χ1n) is 7.26. The number of hydrogen-bond acceptors (Lipinski definition) is 1. The molecule has 0 aliphatic carbocycles. The number of unbranched alkanes of at least 4 members (excludes halogenated alkanes) is 1. The summed E-state index contributed by atoms with van der Waals surface area (Å²) in [5, 5.41) is 3.42. The van der Waals surface area contributed by atoms with Crippen molar-refractivity contribution in [3.8, 4) is 0 Å². The van der Waals surface area contributed by atoms with E-state index in [2.05, 4.69) is 83.4 Å². The van der Waals surface area contributed by atoms with Crippen LogP contribution < -0.4 is 5.32 Å². The number of rotatable bonds is 6. The molecule has 0 aliphatic heterocycles. The maximum Gasteiger partial charge on any atom is 0.0574 e. The van der Waals surface area contributed by atoms with Crippen molar-refractivity contribution in [3.63, 3.8) is 0 Å². The smallest absolute Gasteiger partial charge is 0.0574 e. The maximum absolute atomic E-state index is 3.42. The molecule has 0 radical (unpaired) electrons. The third kappa shape index (κ3) is 4.06. The normalized spacial score (nSPS) is 12.3. The van der Waals surface area contributed by atoms with Gasteiger partial charge >= 0.3 is 0 Å². The molecule has 2 aromatic carbocycles. The average Bonchev–Trinajstić information content (AvgIpc) is 2.47. The van der Waals surface area contributed by atoms with Crippen molar-refractivity contribution in [1.82, 2.24) is 5.32 Å². The molecule has 1 atom stereocenters. The van der Waals surface area contributed by atoms with Gasteiger partial charge in [-0.25, -0.2) is 0 Å². The molecular formula is C18H22IN. The van der Waals surface area contributed by atoms with Crippen LogP contribution in [0.2, 0.25) is 0 Å². The Balaban J connectivity index is 2.19.